The summed E-state index contributed by atoms with van der Waals surface area (Å²) in [5.74, 6) is -0.0678. The van der Waals surface area contributed by atoms with E-state index in [1.54, 1.807) is 0 Å². The molecule has 0 spiro atoms. The number of carbonyl (C=O) groups excluding carboxylic acids is 1. The predicted octanol–water partition coefficient (Wildman–Crippen LogP) is 4.31. The van der Waals surface area contributed by atoms with Gasteiger partial charge in [-0.3, -0.25) is 4.79 Å². The lowest BCUT2D eigenvalue weighted by Gasteiger charge is -2.09. The van der Waals surface area contributed by atoms with Crippen LogP contribution < -0.4 is 0 Å². The van der Waals surface area contributed by atoms with Crippen LogP contribution in [-0.4, -0.2) is 12.6 Å². The van der Waals surface area contributed by atoms with E-state index in [4.69, 9.17) is 4.74 Å². The van der Waals surface area contributed by atoms with Crippen LogP contribution >= 0.6 is 0 Å². The summed E-state index contributed by atoms with van der Waals surface area (Å²) in [5.41, 5.74) is 2.85. The van der Waals surface area contributed by atoms with E-state index >= 15 is 0 Å². The monoisotopic (exact) mass is 262 g/mol. The van der Waals surface area contributed by atoms with E-state index < -0.39 is 0 Å². The molecular formula is C17H26O2. The molecule has 0 radical (unpaired) electrons. The molecule has 1 rings (SSSR count). The van der Waals surface area contributed by atoms with Gasteiger partial charge in [0, 0.05) is 6.42 Å². The van der Waals surface area contributed by atoms with Crippen LogP contribution in [0.15, 0.2) is 24.3 Å². The molecule has 1 aromatic rings. The Kier molecular flexibility index (Phi) is 7.95. The molecule has 1 aromatic carbocycles. The minimum absolute atomic E-state index is 0.0678. The average molecular weight is 262 g/mol. The van der Waals surface area contributed by atoms with Gasteiger partial charge in [0.25, 0.3) is 0 Å². The number of unbranched alkanes of at least 4 members (excludes halogenated alkanes) is 1. The van der Waals surface area contributed by atoms with Gasteiger partial charge < -0.3 is 4.74 Å². The molecule has 19 heavy (non-hydrogen) atoms. The SMILES string of the molecule is CCCCc1ccccc1CCCOC(=O)CCC. The Morgan fingerprint density at radius 2 is 1.63 bits per heavy atom. The van der Waals surface area contributed by atoms with E-state index in [0.29, 0.717) is 13.0 Å². The van der Waals surface area contributed by atoms with Crippen LogP contribution in [0.25, 0.3) is 0 Å². The van der Waals surface area contributed by atoms with Crippen molar-refractivity contribution in [3.05, 3.63) is 35.4 Å². The molecule has 0 N–H and O–H groups in total. The fraction of sp³-hybridized carbons (Fsp3) is 0.588. The van der Waals surface area contributed by atoms with Gasteiger partial charge in [0.15, 0.2) is 0 Å². The van der Waals surface area contributed by atoms with Gasteiger partial charge >= 0.3 is 5.97 Å². The molecule has 0 saturated heterocycles. The minimum Gasteiger partial charge on any atom is -0.466 e. The lowest BCUT2D eigenvalue weighted by Crippen LogP contribution is -2.06. The van der Waals surface area contributed by atoms with Crippen LogP contribution in [0.5, 0.6) is 0 Å². The summed E-state index contributed by atoms with van der Waals surface area (Å²) >= 11 is 0. The summed E-state index contributed by atoms with van der Waals surface area (Å²) in [4.78, 5) is 11.2. The Morgan fingerprint density at radius 3 is 2.21 bits per heavy atom. The molecule has 0 unspecified atom stereocenters. The third-order valence-electron chi connectivity index (χ3n) is 3.23. The van der Waals surface area contributed by atoms with Crippen LogP contribution in [0.4, 0.5) is 0 Å². The maximum absolute atomic E-state index is 11.2. The summed E-state index contributed by atoms with van der Waals surface area (Å²) in [6.45, 7) is 4.75. The number of rotatable bonds is 9. The highest BCUT2D eigenvalue weighted by atomic mass is 16.5. The minimum atomic E-state index is -0.0678. The van der Waals surface area contributed by atoms with Crippen LogP contribution in [0.2, 0.25) is 0 Å². The van der Waals surface area contributed by atoms with Crippen molar-refractivity contribution in [1.29, 1.82) is 0 Å². The van der Waals surface area contributed by atoms with Crippen molar-refractivity contribution in [2.45, 2.75) is 58.8 Å². The molecule has 2 heteroatoms. The van der Waals surface area contributed by atoms with Crippen molar-refractivity contribution in [1.82, 2.24) is 0 Å². The maximum Gasteiger partial charge on any atom is 0.305 e. The highest BCUT2D eigenvalue weighted by Gasteiger charge is 2.03. The van der Waals surface area contributed by atoms with Crippen molar-refractivity contribution < 1.29 is 9.53 Å². The fourth-order valence-electron chi connectivity index (χ4n) is 2.14. The second kappa shape index (κ2) is 9.60. The van der Waals surface area contributed by atoms with E-state index in [1.165, 1.54) is 24.0 Å². The van der Waals surface area contributed by atoms with E-state index in [2.05, 4.69) is 31.2 Å². The third kappa shape index (κ3) is 6.42. The first-order valence-electron chi connectivity index (χ1n) is 7.50. The number of hydrogen-bond acceptors (Lipinski definition) is 2. The Labute approximate surface area is 117 Å². The molecule has 0 aliphatic carbocycles. The van der Waals surface area contributed by atoms with Crippen LogP contribution in [0, 0.1) is 0 Å². The third-order valence-corrected chi connectivity index (χ3v) is 3.23. The molecule has 0 atom stereocenters. The van der Waals surface area contributed by atoms with E-state index in [9.17, 15) is 4.79 Å². The summed E-state index contributed by atoms with van der Waals surface area (Å²) in [7, 11) is 0. The summed E-state index contributed by atoms with van der Waals surface area (Å²) < 4.78 is 5.19. The van der Waals surface area contributed by atoms with E-state index in [0.717, 1.165) is 25.7 Å². The molecule has 0 aromatic heterocycles. The second-order valence-electron chi connectivity index (χ2n) is 4.95. The lowest BCUT2D eigenvalue weighted by molar-refractivity contribution is -0.143. The second-order valence-corrected chi connectivity index (χ2v) is 4.95. The van der Waals surface area contributed by atoms with Gasteiger partial charge in [-0.05, 0) is 43.2 Å². The smallest absolute Gasteiger partial charge is 0.305 e. The number of hydrogen-bond donors (Lipinski definition) is 0. The summed E-state index contributed by atoms with van der Waals surface area (Å²) in [6, 6.07) is 8.61. The molecule has 0 amide bonds. The summed E-state index contributed by atoms with van der Waals surface area (Å²) in [5, 5.41) is 0. The number of aryl methyl sites for hydroxylation is 2. The van der Waals surface area contributed by atoms with Gasteiger partial charge in [0.05, 0.1) is 6.61 Å². The Hall–Kier alpha value is -1.31. The first-order valence-corrected chi connectivity index (χ1v) is 7.50. The Balaban J connectivity index is 2.34. The van der Waals surface area contributed by atoms with Crippen molar-refractivity contribution in [2.75, 3.05) is 6.61 Å². The molecule has 2 nitrogen and oxygen atoms in total. The van der Waals surface area contributed by atoms with Gasteiger partial charge in [-0.25, -0.2) is 0 Å². The van der Waals surface area contributed by atoms with Gasteiger partial charge in [-0.15, -0.1) is 0 Å². The van der Waals surface area contributed by atoms with Gasteiger partial charge in [0.1, 0.15) is 0 Å². The van der Waals surface area contributed by atoms with Crippen molar-refractivity contribution >= 4 is 5.97 Å². The average Bonchev–Trinajstić information content (AvgIpc) is 2.42. The molecule has 0 aliphatic rings. The zero-order valence-corrected chi connectivity index (χ0v) is 12.3. The van der Waals surface area contributed by atoms with E-state index in [1.807, 2.05) is 6.92 Å². The van der Waals surface area contributed by atoms with Crippen molar-refractivity contribution in [3.63, 3.8) is 0 Å². The molecule has 0 saturated carbocycles. The number of ether oxygens (including phenoxy) is 1. The van der Waals surface area contributed by atoms with E-state index in [-0.39, 0.29) is 5.97 Å². The van der Waals surface area contributed by atoms with Crippen LogP contribution in [0.1, 0.15) is 57.1 Å². The largest absolute Gasteiger partial charge is 0.466 e. The van der Waals surface area contributed by atoms with Crippen molar-refractivity contribution in [2.24, 2.45) is 0 Å². The normalized spacial score (nSPS) is 10.4. The highest BCUT2D eigenvalue weighted by molar-refractivity contribution is 5.69. The molecular weight excluding hydrogens is 236 g/mol. The fourth-order valence-corrected chi connectivity index (χ4v) is 2.14. The first kappa shape index (κ1) is 15.7. The van der Waals surface area contributed by atoms with Crippen LogP contribution in [-0.2, 0) is 22.4 Å². The Bertz CT molecular complexity index is 371. The van der Waals surface area contributed by atoms with Gasteiger partial charge in [-0.2, -0.15) is 0 Å². The topological polar surface area (TPSA) is 26.3 Å². The quantitative estimate of drug-likeness (QED) is 0.490. The predicted molar refractivity (Wildman–Crippen MR) is 79.2 cm³/mol. The molecule has 0 bridgehead atoms. The first-order chi connectivity index (χ1) is 9.27. The molecule has 0 heterocycles. The highest BCUT2D eigenvalue weighted by Crippen LogP contribution is 2.14. The van der Waals surface area contributed by atoms with Gasteiger partial charge in [-0.1, -0.05) is 44.5 Å². The standard InChI is InChI=1S/C17H26O2/c1-3-5-10-15-11-6-7-12-16(15)13-8-14-19-17(18)9-4-2/h6-7,11-12H,3-5,8-10,13-14H2,1-2H3. The zero-order chi connectivity index (χ0) is 13.9. The van der Waals surface area contributed by atoms with Crippen molar-refractivity contribution in [3.8, 4) is 0 Å². The molecule has 0 fully saturated rings. The maximum atomic E-state index is 11.2. The van der Waals surface area contributed by atoms with Gasteiger partial charge in [0.2, 0.25) is 0 Å². The lowest BCUT2D eigenvalue weighted by atomic mass is 9.99. The zero-order valence-electron chi connectivity index (χ0n) is 12.3. The summed E-state index contributed by atoms with van der Waals surface area (Å²) in [6.07, 6.45) is 6.93. The Morgan fingerprint density at radius 1 is 1.00 bits per heavy atom. The number of esters is 1. The van der Waals surface area contributed by atoms with Crippen LogP contribution in [0.3, 0.4) is 0 Å². The number of benzene rings is 1. The molecule has 0 aliphatic heterocycles. The molecule has 106 valence electrons. The number of carbonyl (C=O) groups is 1.